The minimum Gasteiger partial charge on any atom is -0.495 e. The molecule has 0 bridgehead atoms. The van der Waals surface area contributed by atoms with Gasteiger partial charge in [-0.3, -0.25) is 14.1 Å². The number of imidazole rings is 1. The second-order valence-electron chi connectivity index (χ2n) is 10.4. The van der Waals surface area contributed by atoms with Crippen molar-refractivity contribution in [2.24, 2.45) is 5.41 Å². The Labute approximate surface area is 243 Å². The van der Waals surface area contributed by atoms with E-state index in [1.807, 2.05) is 0 Å². The van der Waals surface area contributed by atoms with E-state index in [4.69, 9.17) is 4.74 Å². The lowest BCUT2D eigenvalue weighted by molar-refractivity contribution is -0.0863. The molecule has 0 radical (unpaired) electrons. The van der Waals surface area contributed by atoms with Crippen LogP contribution >= 0.6 is 11.8 Å². The van der Waals surface area contributed by atoms with Gasteiger partial charge in [0.1, 0.15) is 16.5 Å². The first-order valence-corrected chi connectivity index (χ1v) is 14.0. The largest absolute Gasteiger partial charge is 0.495 e. The van der Waals surface area contributed by atoms with Gasteiger partial charge in [0, 0.05) is 49.7 Å². The van der Waals surface area contributed by atoms with E-state index in [-0.39, 0.29) is 52.9 Å². The highest BCUT2D eigenvalue weighted by Crippen LogP contribution is 2.49. The first kappa shape index (κ1) is 29.8. The molecule has 1 aliphatic heterocycles. The first-order valence-electron chi connectivity index (χ1n) is 13.2. The average Bonchev–Trinajstić information content (AvgIpc) is 3.24. The highest BCUT2D eigenvalue weighted by atomic mass is 32.2. The summed E-state index contributed by atoms with van der Waals surface area (Å²) in [6, 6.07) is 8.31. The third-order valence-corrected chi connectivity index (χ3v) is 8.13. The Bertz CT molecular complexity index is 1520. The number of rotatable bonds is 9. The maximum Gasteiger partial charge on any atom is 0.447 e. The fourth-order valence-corrected chi connectivity index (χ4v) is 6.29. The Morgan fingerprint density at radius 1 is 1.24 bits per heavy atom. The number of fused-ring (bicyclic) bond motifs is 1. The summed E-state index contributed by atoms with van der Waals surface area (Å²) in [6.07, 6.45) is 0.756. The molecule has 2 fully saturated rings. The van der Waals surface area contributed by atoms with Crippen molar-refractivity contribution in [1.29, 1.82) is 0 Å². The van der Waals surface area contributed by atoms with Gasteiger partial charge < -0.3 is 20.7 Å². The molecule has 0 unspecified atom stereocenters. The summed E-state index contributed by atoms with van der Waals surface area (Å²) in [6.45, 7) is 1.13. The number of halogens is 5. The molecule has 3 heterocycles. The van der Waals surface area contributed by atoms with Gasteiger partial charge >= 0.3 is 5.51 Å². The van der Waals surface area contributed by atoms with E-state index in [0.717, 1.165) is 12.8 Å². The number of carbonyl (C=O) groups excluding carboxylic acids is 1. The Morgan fingerprint density at radius 3 is 2.67 bits per heavy atom. The number of thioether (sulfide) groups is 1. The number of anilines is 2. The number of alkyl halides is 5. The normalized spacial score (nSPS) is 16.5. The van der Waals surface area contributed by atoms with Gasteiger partial charge in [-0.25, -0.2) is 13.8 Å². The highest BCUT2D eigenvalue weighted by molar-refractivity contribution is 8.00. The maximum atomic E-state index is 13.5. The molecule has 8 nitrogen and oxygen atoms in total. The summed E-state index contributed by atoms with van der Waals surface area (Å²) in [7, 11) is 2.98. The number of methoxy groups -OCH3 is 1. The van der Waals surface area contributed by atoms with Crippen LogP contribution in [0, 0.1) is 17.3 Å². The second-order valence-corrected chi connectivity index (χ2v) is 11.4. The summed E-state index contributed by atoms with van der Waals surface area (Å²) < 4.78 is 72.5. The predicted molar refractivity (Wildman–Crippen MR) is 150 cm³/mol. The number of amides is 1. The Balaban J connectivity index is 1.31. The number of nitrogens with zero attached hydrogens (tertiary/aromatic N) is 3. The summed E-state index contributed by atoms with van der Waals surface area (Å²) in [5.74, 6) is 5.74. The molecule has 1 aromatic carbocycles. The number of hydrogen-bond acceptors (Lipinski definition) is 7. The van der Waals surface area contributed by atoms with E-state index in [1.165, 1.54) is 24.8 Å². The van der Waals surface area contributed by atoms with Crippen molar-refractivity contribution in [3.05, 3.63) is 47.8 Å². The van der Waals surface area contributed by atoms with Crippen LogP contribution in [0.3, 0.4) is 0 Å². The molecular formula is C28H29F5N6O2S. The predicted octanol–water partition coefficient (Wildman–Crippen LogP) is 4.92. The third kappa shape index (κ3) is 6.52. The Hall–Kier alpha value is -3.70. The fraction of sp³-hybridized carbons (Fsp3) is 0.429. The van der Waals surface area contributed by atoms with Crippen molar-refractivity contribution in [3.8, 4) is 17.6 Å². The number of carbonyl (C=O) groups is 1. The summed E-state index contributed by atoms with van der Waals surface area (Å²) in [5, 5.41) is 8.82. The summed E-state index contributed by atoms with van der Waals surface area (Å²) in [5.41, 5.74) is -2.66. The van der Waals surface area contributed by atoms with Gasteiger partial charge in [-0.05, 0) is 54.5 Å². The molecule has 3 N–H and O–H groups in total. The van der Waals surface area contributed by atoms with Gasteiger partial charge in [-0.1, -0.05) is 5.92 Å². The van der Waals surface area contributed by atoms with Crippen molar-refractivity contribution in [2.75, 3.05) is 51.0 Å². The monoisotopic (exact) mass is 608 g/mol. The molecule has 14 heteroatoms. The van der Waals surface area contributed by atoms with Gasteiger partial charge in [0.15, 0.2) is 5.65 Å². The standard InChI is InChI=1S/C28H29F5N6O2S/c1-34-25(40)17-7-8-19(22(11-17)41-2)35-9-3-5-21-26(42-28(31,32)33)39-10-4-6-20(24(39)37-21)36-18-12-27(13-18)15-38(16-27)14-23(29)30/h4,6-8,10-11,18,23,35-36H,9,12-16H2,1-2H3,(H,34,40). The Morgan fingerprint density at radius 2 is 2.00 bits per heavy atom. The van der Waals surface area contributed by atoms with Crippen LogP contribution in [0.2, 0.25) is 0 Å². The number of hydrogen-bond donors (Lipinski definition) is 3. The van der Waals surface area contributed by atoms with Crippen molar-refractivity contribution in [1.82, 2.24) is 19.6 Å². The number of aromatic nitrogens is 2. The van der Waals surface area contributed by atoms with Crippen LogP contribution in [0.25, 0.3) is 5.65 Å². The second kappa shape index (κ2) is 11.9. The van der Waals surface area contributed by atoms with Crippen LogP contribution in [0.5, 0.6) is 5.75 Å². The number of ether oxygens (including phenoxy) is 1. The van der Waals surface area contributed by atoms with Gasteiger partial charge in [0.25, 0.3) is 12.3 Å². The molecular weight excluding hydrogens is 579 g/mol. The Kier molecular flexibility index (Phi) is 8.43. The van der Waals surface area contributed by atoms with Crippen LogP contribution in [0.1, 0.15) is 28.9 Å². The summed E-state index contributed by atoms with van der Waals surface area (Å²) >= 11 is -0.280. The van der Waals surface area contributed by atoms with Crippen molar-refractivity contribution < 1.29 is 31.5 Å². The number of nitrogens with one attached hydrogen (secondary N) is 3. The molecule has 5 rings (SSSR count). The average molecular weight is 609 g/mol. The smallest absolute Gasteiger partial charge is 0.447 e. The van der Waals surface area contributed by atoms with E-state index in [1.54, 1.807) is 35.2 Å². The van der Waals surface area contributed by atoms with Crippen LogP contribution in [-0.4, -0.2) is 78.5 Å². The zero-order valence-corrected chi connectivity index (χ0v) is 23.6. The molecule has 224 valence electrons. The SMILES string of the molecule is CNC(=O)c1ccc(NCC#Cc2nc3c(NC4CC5(C4)CN(CC(F)F)C5)cccn3c2SC(F)(F)F)c(OC)c1. The molecule has 2 aliphatic rings. The molecule has 2 aromatic heterocycles. The first-order chi connectivity index (χ1) is 20.0. The van der Waals surface area contributed by atoms with Crippen LogP contribution in [0.15, 0.2) is 41.6 Å². The zero-order chi connectivity index (χ0) is 30.1. The van der Waals surface area contributed by atoms with E-state index in [2.05, 4.69) is 32.8 Å². The fourth-order valence-electron chi connectivity index (χ4n) is 5.63. The van der Waals surface area contributed by atoms with Gasteiger partial charge in [0.05, 0.1) is 31.6 Å². The van der Waals surface area contributed by atoms with Gasteiger partial charge in [-0.2, -0.15) is 13.2 Å². The van der Waals surface area contributed by atoms with Crippen LogP contribution < -0.4 is 20.7 Å². The minimum absolute atomic E-state index is 0.0120. The number of pyridine rings is 1. The molecule has 42 heavy (non-hydrogen) atoms. The third-order valence-electron chi connectivity index (χ3n) is 7.32. The quantitative estimate of drug-likeness (QED) is 0.181. The number of benzene rings is 1. The van der Waals surface area contributed by atoms with E-state index < -0.39 is 11.9 Å². The molecule has 1 saturated carbocycles. The van der Waals surface area contributed by atoms with E-state index in [0.29, 0.717) is 41.4 Å². The maximum absolute atomic E-state index is 13.5. The number of likely N-dealkylation sites (tertiary alicyclic amines) is 1. The molecule has 1 aliphatic carbocycles. The topological polar surface area (TPSA) is 82.9 Å². The molecule has 1 amide bonds. The van der Waals surface area contributed by atoms with Crippen molar-refractivity contribution in [3.63, 3.8) is 0 Å². The van der Waals surface area contributed by atoms with Crippen LogP contribution in [-0.2, 0) is 0 Å². The molecule has 1 spiro atoms. The van der Waals surface area contributed by atoms with Crippen molar-refractivity contribution in [2.45, 2.75) is 35.8 Å². The van der Waals surface area contributed by atoms with Gasteiger partial charge in [-0.15, -0.1) is 0 Å². The summed E-state index contributed by atoms with van der Waals surface area (Å²) in [4.78, 5) is 18.1. The molecule has 1 saturated heterocycles. The molecule has 3 aromatic rings. The molecule has 0 atom stereocenters. The van der Waals surface area contributed by atoms with E-state index in [9.17, 15) is 26.7 Å². The lowest BCUT2D eigenvalue weighted by Gasteiger charge is -2.59. The lowest BCUT2D eigenvalue weighted by atomic mass is 9.60. The minimum atomic E-state index is -4.55. The van der Waals surface area contributed by atoms with Crippen molar-refractivity contribution >= 4 is 34.7 Å². The van der Waals surface area contributed by atoms with Crippen LogP contribution in [0.4, 0.5) is 33.3 Å². The van der Waals surface area contributed by atoms with Gasteiger partial charge in [0.2, 0.25) is 0 Å². The zero-order valence-electron chi connectivity index (χ0n) is 22.8. The lowest BCUT2D eigenvalue weighted by Crippen LogP contribution is -2.65. The van der Waals surface area contributed by atoms with E-state index >= 15 is 0 Å². The highest BCUT2D eigenvalue weighted by Gasteiger charge is 2.52.